The highest BCUT2D eigenvalue weighted by Crippen LogP contribution is 2.32. The van der Waals surface area contributed by atoms with Crippen LogP contribution >= 0.6 is 0 Å². The number of nitrogens with zero attached hydrogens (tertiary/aromatic N) is 1. The van der Waals surface area contributed by atoms with E-state index >= 15 is 0 Å². The van der Waals surface area contributed by atoms with Crippen molar-refractivity contribution in [3.63, 3.8) is 0 Å². The van der Waals surface area contributed by atoms with Crippen molar-refractivity contribution >= 4 is 0 Å². The van der Waals surface area contributed by atoms with Crippen molar-refractivity contribution in [2.75, 3.05) is 19.6 Å². The molecule has 0 radical (unpaired) electrons. The van der Waals surface area contributed by atoms with Crippen LogP contribution in [0.1, 0.15) is 39.2 Å². The van der Waals surface area contributed by atoms with Crippen molar-refractivity contribution < 1.29 is 0 Å². The largest absolute Gasteiger partial charge is 0.316 e. The first kappa shape index (κ1) is 15.5. The Balaban J connectivity index is 1.82. The molecule has 0 amide bonds. The Morgan fingerprint density at radius 1 is 1.20 bits per heavy atom. The van der Waals surface area contributed by atoms with Gasteiger partial charge in [-0.15, -0.1) is 0 Å². The van der Waals surface area contributed by atoms with Gasteiger partial charge in [0, 0.05) is 12.6 Å². The number of nitrogens with one attached hydrogen (secondary N) is 1. The van der Waals surface area contributed by atoms with Crippen LogP contribution in [0.15, 0.2) is 30.3 Å². The van der Waals surface area contributed by atoms with Crippen LogP contribution in [0.4, 0.5) is 0 Å². The minimum atomic E-state index is 0.750. The van der Waals surface area contributed by atoms with Gasteiger partial charge in [-0.05, 0) is 49.9 Å². The normalized spacial score (nSPS) is 22.2. The van der Waals surface area contributed by atoms with E-state index in [-0.39, 0.29) is 0 Å². The Labute approximate surface area is 124 Å². The van der Waals surface area contributed by atoms with Gasteiger partial charge in [-0.25, -0.2) is 0 Å². The first-order chi connectivity index (χ1) is 9.70. The maximum Gasteiger partial charge on any atom is 0.0236 e. The molecule has 1 fully saturated rings. The molecule has 1 N–H and O–H groups in total. The Morgan fingerprint density at radius 2 is 1.95 bits per heavy atom. The van der Waals surface area contributed by atoms with E-state index in [2.05, 4.69) is 61.3 Å². The molecule has 2 nitrogen and oxygen atoms in total. The molecule has 1 aliphatic carbocycles. The smallest absolute Gasteiger partial charge is 0.0236 e. The molecular formula is C18H30N2. The van der Waals surface area contributed by atoms with Crippen LogP contribution in [0.25, 0.3) is 0 Å². The zero-order valence-corrected chi connectivity index (χ0v) is 13.3. The summed E-state index contributed by atoms with van der Waals surface area (Å²) in [5.41, 5.74) is 1.44. The minimum absolute atomic E-state index is 0.750. The van der Waals surface area contributed by atoms with Crippen molar-refractivity contribution in [2.45, 2.75) is 46.2 Å². The topological polar surface area (TPSA) is 15.3 Å². The number of rotatable bonds is 8. The van der Waals surface area contributed by atoms with E-state index in [0.717, 1.165) is 37.5 Å². The van der Waals surface area contributed by atoms with E-state index in [1.54, 1.807) is 0 Å². The fraction of sp³-hybridized carbons (Fsp3) is 0.667. The van der Waals surface area contributed by atoms with Crippen molar-refractivity contribution in [1.29, 1.82) is 0 Å². The third-order valence-corrected chi connectivity index (χ3v) is 4.44. The molecular weight excluding hydrogens is 244 g/mol. The average Bonchev–Trinajstić information content (AvgIpc) is 2.42. The minimum Gasteiger partial charge on any atom is -0.316 e. The van der Waals surface area contributed by atoms with E-state index in [1.807, 2.05) is 0 Å². The quantitative estimate of drug-likeness (QED) is 0.780. The number of hydrogen-bond acceptors (Lipinski definition) is 2. The van der Waals surface area contributed by atoms with E-state index in [1.165, 1.54) is 24.9 Å². The van der Waals surface area contributed by atoms with E-state index in [0.29, 0.717) is 0 Å². The fourth-order valence-electron chi connectivity index (χ4n) is 3.11. The summed E-state index contributed by atoms with van der Waals surface area (Å²) in [5.74, 6) is 1.59. The lowest BCUT2D eigenvalue weighted by atomic mass is 9.78. The summed E-state index contributed by atoms with van der Waals surface area (Å²) in [6.07, 6.45) is 2.76. The Bertz CT molecular complexity index is 374. The van der Waals surface area contributed by atoms with Gasteiger partial charge in [-0.1, -0.05) is 51.1 Å². The van der Waals surface area contributed by atoms with Crippen LogP contribution in [0.2, 0.25) is 0 Å². The second-order valence-electron chi connectivity index (χ2n) is 6.51. The van der Waals surface area contributed by atoms with Gasteiger partial charge < -0.3 is 5.32 Å². The van der Waals surface area contributed by atoms with E-state index in [9.17, 15) is 0 Å². The molecule has 0 bridgehead atoms. The van der Waals surface area contributed by atoms with E-state index in [4.69, 9.17) is 0 Å². The van der Waals surface area contributed by atoms with Crippen LogP contribution in [0.3, 0.4) is 0 Å². The molecule has 1 aromatic rings. The number of benzene rings is 1. The fourth-order valence-corrected chi connectivity index (χ4v) is 3.11. The summed E-state index contributed by atoms with van der Waals surface area (Å²) < 4.78 is 0. The molecule has 2 rings (SSSR count). The molecule has 1 aromatic carbocycles. The average molecular weight is 274 g/mol. The van der Waals surface area contributed by atoms with Gasteiger partial charge in [0.05, 0.1) is 0 Å². The molecule has 112 valence electrons. The third kappa shape index (κ3) is 4.32. The van der Waals surface area contributed by atoms with Gasteiger partial charge in [-0.2, -0.15) is 0 Å². The van der Waals surface area contributed by atoms with Gasteiger partial charge >= 0.3 is 0 Å². The van der Waals surface area contributed by atoms with Crippen molar-refractivity contribution in [1.82, 2.24) is 10.2 Å². The van der Waals surface area contributed by atoms with Crippen LogP contribution in [-0.2, 0) is 6.54 Å². The molecule has 1 saturated carbocycles. The summed E-state index contributed by atoms with van der Waals surface area (Å²) in [4.78, 5) is 2.65. The molecule has 1 aliphatic rings. The molecule has 0 aliphatic heterocycles. The summed E-state index contributed by atoms with van der Waals surface area (Å²) in [5, 5.41) is 3.63. The molecule has 0 aromatic heterocycles. The molecule has 2 unspecified atom stereocenters. The van der Waals surface area contributed by atoms with E-state index < -0.39 is 0 Å². The van der Waals surface area contributed by atoms with Crippen LogP contribution in [-0.4, -0.2) is 30.6 Å². The zero-order chi connectivity index (χ0) is 14.4. The second kappa shape index (κ2) is 7.80. The first-order valence-electron chi connectivity index (χ1n) is 8.19. The predicted molar refractivity (Wildman–Crippen MR) is 86.7 cm³/mol. The van der Waals surface area contributed by atoms with Crippen LogP contribution in [0, 0.1) is 11.8 Å². The van der Waals surface area contributed by atoms with Crippen molar-refractivity contribution in [3.8, 4) is 0 Å². The molecule has 0 spiro atoms. The SMILES string of the molecule is CCN(Cc1ccccc1)C1CCC1CNCC(C)C. The van der Waals surface area contributed by atoms with Crippen LogP contribution in [0.5, 0.6) is 0 Å². The monoisotopic (exact) mass is 274 g/mol. The Morgan fingerprint density at radius 3 is 2.50 bits per heavy atom. The van der Waals surface area contributed by atoms with Gasteiger partial charge in [0.2, 0.25) is 0 Å². The highest BCUT2D eigenvalue weighted by atomic mass is 15.2. The van der Waals surface area contributed by atoms with Gasteiger partial charge in [0.1, 0.15) is 0 Å². The Hall–Kier alpha value is -0.860. The van der Waals surface area contributed by atoms with Crippen molar-refractivity contribution in [3.05, 3.63) is 35.9 Å². The highest BCUT2D eigenvalue weighted by molar-refractivity contribution is 5.14. The second-order valence-corrected chi connectivity index (χ2v) is 6.51. The van der Waals surface area contributed by atoms with Crippen LogP contribution < -0.4 is 5.32 Å². The molecule has 20 heavy (non-hydrogen) atoms. The lowest BCUT2D eigenvalue weighted by Crippen LogP contribution is -2.50. The van der Waals surface area contributed by atoms with Gasteiger partial charge in [-0.3, -0.25) is 4.90 Å². The molecule has 0 heterocycles. The van der Waals surface area contributed by atoms with Gasteiger partial charge in [0.15, 0.2) is 0 Å². The Kier molecular flexibility index (Phi) is 6.06. The maximum atomic E-state index is 3.63. The van der Waals surface area contributed by atoms with Gasteiger partial charge in [0.25, 0.3) is 0 Å². The summed E-state index contributed by atoms with van der Waals surface area (Å²) in [6.45, 7) is 11.4. The molecule has 0 saturated heterocycles. The highest BCUT2D eigenvalue weighted by Gasteiger charge is 2.34. The predicted octanol–water partition coefficient (Wildman–Crippen LogP) is 3.53. The lowest BCUT2D eigenvalue weighted by molar-refractivity contribution is 0.0595. The first-order valence-corrected chi connectivity index (χ1v) is 8.19. The summed E-state index contributed by atoms with van der Waals surface area (Å²) in [7, 11) is 0. The summed E-state index contributed by atoms with van der Waals surface area (Å²) in [6, 6.07) is 11.7. The lowest BCUT2D eigenvalue weighted by Gasteiger charge is -2.44. The number of hydrogen-bond donors (Lipinski definition) is 1. The maximum absolute atomic E-state index is 3.63. The molecule has 2 heteroatoms. The standard InChI is InChI=1S/C18H30N2/c1-4-20(14-16-8-6-5-7-9-16)18-11-10-17(18)13-19-12-15(2)3/h5-9,15,17-19H,4,10-14H2,1-3H3. The third-order valence-electron chi connectivity index (χ3n) is 4.44. The molecule has 2 atom stereocenters. The van der Waals surface area contributed by atoms with Crippen molar-refractivity contribution in [2.24, 2.45) is 11.8 Å². The zero-order valence-electron chi connectivity index (χ0n) is 13.3. The summed E-state index contributed by atoms with van der Waals surface area (Å²) >= 11 is 0.